The Kier molecular flexibility index (Phi) is 2.57. The van der Waals surface area contributed by atoms with Crippen LogP contribution < -0.4 is 5.32 Å². The van der Waals surface area contributed by atoms with Crippen molar-refractivity contribution in [3.8, 4) is 0 Å². The minimum atomic E-state index is -0.439. The smallest absolute Gasteiger partial charge is 0.305 e. The van der Waals surface area contributed by atoms with Crippen molar-refractivity contribution in [2.45, 2.75) is 38.6 Å². The molecule has 0 aromatic heterocycles. The van der Waals surface area contributed by atoms with Gasteiger partial charge >= 0.3 is 5.97 Å². The maximum absolute atomic E-state index is 11.9. The average molecular weight is 225 g/mol. The minimum absolute atomic E-state index is 0.0989. The van der Waals surface area contributed by atoms with Crippen LogP contribution in [0.3, 0.4) is 0 Å². The van der Waals surface area contributed by atoms with Gasteiger partial charge in [-0.2, -0.15) is 0 Å². The maximum Gasteiger partial charge on any atom is 0.305 e. The van der Waals surface area contributed by atoms with Crippen LogP contribution in [0.5, 0.6) is 0 Å². The molecule has 1 saturated heterocycles. The van der Waals surface area contributed by atoms with E-state index in [-0.39, 0.29) is 23.1 Å². The van der Waals surface area contributed by atoms with Gasteiger partial charge in [0.05, 0.1) is 19.1 Å². The lowest BCUT2D eigenvalue weighted by Gasteiger charge is -2.36. The second-order valence-electron chi connectivity index (χ2n) is 5.32. The highest BCUT2D eigenvalue weighted by atomic mass is 16.5. The molecular formula is C12H19NO3. The highest BCUT2D eigenvalue weighted by Gasteiger charge is 2.61. The third kappa shape index (κ3) is 1.32. The van der Waals surface area contributed by atoms with Crippen molar-refractivity contribution >= 4 is 11.8 Å². The number of carbonyl (C=O) groups excluding carboxylic acids is 2. The highest BCUT2D eigenvalue weighted by Crippen LogP contribution is 2.53. The zero-order valence-corrected chi connectivity index (χ0v) is 10.1. The molecule has 2 rings (SSSR count). The Bertz CT molecular complexity index is 341. The van der Waals surface area contributed by atoms with E-state index in [0.717, 1.165) is 13.0 Å². The van der Waals surface area contributed by atoms with Gasteiger partial charge in [-0.25, -0.2) is 0 Å². The van der Waals surface area contributed by atoms with Gasteiger partial charge in [0.25, 0.3) is 0 Å². The SMILES string of the molecule is COC(=O)CC1CNC2(C)C(=O)CCC12C. The molecule has 0 amide bonds. The van der Waals surface area contributed by atoms with Gasteiger partial charge < -0.3 is 10.1 Å². The second kappa shape index (κ2) is 3.55. The monoisotopic (exact) mass is 225 g/mol. The largest absolute Gasteiger partial charge is 0.469 e. The van der Waals surface area contributed by atoms with Gasteiger partial charge in [-0.15, -0.1) is 0 Å². The normalized spacial score (nSPS) is 42.2. The van der Waals surface area contributed by atoms with E-state index in [2.05, 4.69) is 12.2 Å². The molecule has 16 heavy (non-hydrogen) atoms. The Labute approximate surface area is 95.7 Å². The van der Waals surface area contributed by atoms with Crippen LogP contribution in [-0.4, -0.2) is 30.9 Å². The van der Waals surface area contributed by atoms with Crippen LogP contribution in [0.25, 0.3) is 0 Å². The van der Waals surface area contributed by atoms with Crippen molar-refractivity contribution in [1.82, 2.24) is 5.32 Å². The van der Waals surface area contributed by atoms with Gasteiger partial charge in [-0.3, -0.25) is 9.59 Å². The van der Waals surface area contributed by atoms with Gasteiger partial charge in [0, 0.05) is 13.0 Å². The molecule has 1 aliphatic carbocycles. The molecule has 1 aliphatic heterocycles. The number of rotatable bonds is 2. The number of fused-ring (bicyclic) bond motifs is 1. The van der Waals surface area contributed by atoms with E-state index >= 15 is 0 Å². The molecule has 4 heteroatoms. The van der Waals surface area contributed by atoms with Crippen LogP contribution in [0.2, 0.25) is 0 Å². The van der Waals surface area contributed by atoms with Crippen LogP contribution in [0, 0.1) is 11.3 Å². The number of hydrogen-bond donors (Lipinski definition) is 1. The summed E-state index contributed by atoms with van der Waals surface area (Å²) in [4.78, 5) is 23.3. The number of carbonyl (C=O) groups is 2. The zero-order valence-electron chi connectivity index (χ0n) is 10.1. The van der Waals surface area contributed by atoms with E-state index in [4.69, 9.17) is 4.74 Å². The fourth-order valence-corrected chi connectivity index (χ4v) is 3.24. The first kappa shape index (κ1) is 11.6. The second-order valence-corrected chi connectivity index (χ2v) is 5.32. The van der Waals surface area contributed by atoms with E-state index < -0.39 is 5.54 Å². The summed E-state index contributed by atoms with van der Waals surface area (Å²) in [6.45, 7) is 4.82. The van der Waals surface area contributed by atoms with Crippen LogP contribution >= 0.6 is 0 Å². The molecule has 0 aromatic rings. The third-order valence-corrected chi connectivity index (χ3v) is 4.82. The molecule has 3 unspecified atom stereocenters. The summed E-state index contributed by atoms with van der Waals surface area (Å²) in [6, 6.07) is 0. The summed E-state index contributed by atoms with van der Waals surface area (Å²) in [5.41, 5.74) is -0.538. The highest BCUT2D eigenvalue weighted by molar-refractivity contribution is 5.92. The summed E-state index contributed by atoms with van der Waals surface area (Å²) in [6.07, 6.45) is 1.90. The first-order chi connectivity index (χ1) is 7.44. The maximum atomic E-state index is 11.9. The summed E-state index contributed by atoms with van der Waals surface area (Å²) in [5.74, 6) is 0.301. The molecule has 2 fully saturated rings. The predicted molar refractivity (Wildman–Crippen MR) is 58.9 cm³/mol. The van der Waals surface area contributed by atoms with E-state index in [9.17, 15) is 9.59 Å². The molecule has 2 aliphatic rings. The van der Waals surface area contributed by atoms with Crippen molar-refractivity contribution in [3.05, 3.63) is 0 Å². The number of hydrogen-bond acceptors (Lipinski definition) is 4. The van der Waals surface area contributed by atoms with Crippen molar-refractivity contribution in [2.24, 2.45) is 11.3 Å². The lowest BCUT2D eigenvalue weighted by Crippen LogP contribution is -2.50. The number of ether oxygens (including phenoxy) is 1. The summed E-state index contributed by atoms with van der Waals surface area (Å²) < 4.78 is 4.71. The number of Topliss-reactive ketones (excluding diaryl/α,β-unsaturated/α-hetero) is 1. The first-order valence-electron chi connectivity index (χ1n) is 5.79. The summed E-state index contributed by atoms with van der Waals surface area (Å²) >= 11 is 0. The molecule has 3 atom stereocenters. The molecule has 1 saturated carbocycles. The third-order valence-electron chi connectivity index (χ3n) is 4.82. The Balaban J connectivity index is 2.20. The fraction of sp³-hybridized carbons (Fsp3) is 0.833. The van der Waals surface area contributed by atoms with Gasteiger partial charge in [0.2, 0.25) is 0 Å². The van der Waals surface area contributed by atoms with E-state index in [0.29, 0.717) is 12.8 Å². The number of nitrogens with one attached hydrogen (secondary N) is 1. The van der Waals surface area contributed by atoms with Crippen molar-refractivity contribution < 1.29 is 14.3 Å². The van der Waals surface area contributed by atoms with E-state index in [1.165, 1.54) is 7.11 Å². The Hall–Kier alpha value is -0.900. The van der Waals surface area contributed by atoms with Crippen molar-refractivity contribution in [2.75, 3.05) is 13.7 Å². The molecule has 0 spiro atoms. The number of methoxy groups -OCH3 is 1. The number of ketones is 1. The molecule has 0 bridgehead atoms. The van der Waals surface area contributed by atoms with Crippen LogP contribution in [0.15, 0.2) is 0 Å². The van der Waals surface area contributed by atoms with E-state index in [1.807, 2.05) is 6.92 Å². The topological polar surface area (TPSA) is 55.4 Å². The van der Waals surface area contributed by atoms with Gasteiger partial charge in [-0.05, 0) is 24.7 Å². The van der Waals surface area contributed by atoms with Crippen molar-refractivity contribution in [3.63, 3.8) is 0 Å². The molecule has 1 heterocycles. The molecular weight excluding hydrogens is 206 g/mol. The lowest BCUT2D eigenvalue weighted by atomic mass is 9.68. The predicted octanol–water partition coefficient (Wildman–Crippen LogP) is 0.897. The van der Waals surface area contributed by atoms with Gasteiger partial charge in [-0.1, -0.05) is 6.92 Å². The lowest BCUT2D eigenvalue weighted by molar-refractivity contribution is -0.142. The molecule has 0 aromatic carbocycles. The average Bonchev–Trinajstić information content (AvgIpc) is 2.63. The van der Waals surface area contributed by atoms with Crippen molar-refractivity contribution in [1.29, 1.82) is 0 Å². The van der Waals surface area contributed by atoms with Gasteiger partial charge in [0.15, 0.2) is 5.78 Å². The molecule has 0 radical (unpaired) electrons. The number of esters is 1. The Morgan fingerprint density at radius 2 is 2.25 bits per heavy atom. The molecule has 1 N–H and O–H groups in total. The fourth-order valence-electron chi connectivity index (χ4n) is 3.24. The van der Waals surface area contributed by atoms with Crippen LogP contribution in [0.1, 0.15) is 33.1 Å². The minimum Gasteiger partial charge on any atom is -0.469 e. The zero-order chi connectivity index (χ0) is 12.0. The van der Waals surface area contributed by atoms with Gasteiger partial charge in [0.1, 0.15) is 0 Å². The summed E-state index contributed by atoms with van der Waals surface area (Å²) in [7, 11) is 1.41. The van der Waals surface area contributed by atoms with Crippen LogP contribution in [0.4, 0.5) is 0 Å². The standard InChI is InChI=1S/C12H19NO3/c1-11-5-4-9(14)12(11,2)13-7-8(11)6-10(15)16-3/h8,13H,4-7H2,1-3H3. The molecule has 90 valence electrons. The quantitative estimate of drug-likeness (QED) is 0.709. The Morgan fingerprint density at radius 3 is 2.88 bits per heavy atom. The molecule has 4 nitrogen and oxygen atoms in total. The van der Waals surface area contributed by atoms with E-state index in [1.54, 1.807) is 0 Å². The summed E-state index contributed by atoms with van der Waals surface area (Å²) in [5, 5.41) is 3.31. The Morgan fingerprint density at radius 1 is 1.56 bits per heavy atom. The first-order valence-corrected chi connectivity index (χ1v) is 5.79. The van der Waals surface area contributed by atoms with Crippen LogP contribution in [-0.2, 0) is 14.3 Å².